The van der Waals surface area contributed by atoms with Crippen molar-refractivity contribution in [2.24, 2.45) is 0 Å². The fraction of sp³-hybridized carbons (Fsp3) is 0.389. The van der Waals surface area contributed by atoms with Crippen LogP contribution in [0.25, 0.3) is 0 Å². The fourth-order valence-corrected chi connectivity index (χ4v) is 2.25. The van der Waals surface area contributed by atoms with Crippen molar-refractivity contribution < 1.29 is 0 Å². The van der Waals surface area contributed by atoms with E-state index in [1.54, 1.807) is 0 Å². The Morgan fingerprint density at radius 2 is 1.75 bits per heavy atom. The smallest absolute Gasteiger partial charge is 0.0372 e. The summed E-state index contributed by atoms with van der Waals surface area (Å²) in [4.78, 5) is 4.32. The molecule has 0 aliphatic carbocycles. The molecule has 1 aromatic heterocycles. The summed E-state index contributed by atoms with van der Waals surface area (Å²) >= 11 is 0. The van der Waals surface area contributed by atoms with Gasteiger partial charge in [-0.15, -0.1) is 0 Å². The molecular weight excluding hydrogens is 244 g/mol. The molecule has 0 aliphatic heterocycles. The van der Waals surface area contributed by atoms with Gasteiger partial charge in [-0.05, 0) is 43.0 Å². The van der Waals surface area contributed by atoms with Gasteiger partial charge in [0.05, 0.1) is 0 Å². The second-order valence-corrected chi connectivity index (χ2v) is 5.40. The van der Waals surface area contributed by atoms with Crippen molar-refractivity contribution in [2.75, 3.05) is 0 Å². The van der Waals surface area contributed by atoms with E-state index >= 15 is 0 Å². The number of pyridine rings is 1. The van der Waals surface area contributed by atoms with Crippen LogP contribution in [0.4, 0.5) is 0 Å². The molecule has 1 heterocycles. The van der Waals surface area contributed by atoms with Crippen molar-refractivity contribution in [3.05, 3.63) is 65.0 Å². The van der Waals surface area contributed by atoms with Crippen LogP contribution in [0.5, 0.6) is 0 Å². The quantitative estimate of drug-likeness (QED) is 0.849. The van der Waals surface area contributed by atoms with Gasteiger partial charge in [0, 0.05) is 24.5 Å². The summed E-state index contributed by atoms with van der Waals surface area (Å²) in [6.45, 7) is 7.28. The lowest BCUT2D eigenvalue weighted by Gasteiger charge is -2.15. The van der Waals surface area contributed by atoms with E-state index in [0.29, 0.717) is 6.04 Å². The van der Waals surface area contributed by atoms with Gasteiger partial charge in [0.15, 0.2) is 0 Å². The van der Waals surface area contributed by atoms with Crippen molar-refractivity contribution in [2.45, 2.75) is 46.2 Å². The maximum absolute atomic E-state index is 4.32. The van der Waals surface area contributed by atoms with Crippen molar-refractivity contribution in [3.63, 3.8) is 0 Å². The first kappa shape index (κ1) is 14.7. The second-order valence-electron chi connectivity index (χ2n) is 5.40. The second kappa shape index (κ2) is 7.20. The molecule has 1 N–H and O–H groups in total. The number of hydrogen-bond donors (Lipinski definition) is 1. The van der Waals surface area contributed by atoms with Crippen molar-refractivity contribution in [1.29, 1.82) is 0 Å². The molecule has 2 rings (SSSR count). The van der Waals surface area contributed by atoms with E-state index < -0.39 is 0 Å². The zero-order chi connectivity index (χ0) is 14.4. The van der Waals surface area contributed by atoms with Gasteiger partial charge < -0.3 is 5.32 Å². The zero-order valence-corrected chi connectivity index (χ0v) is 12.7. The molecule has 2 nitrogen and oxygen atoms in total. The first-order valence-corrected chi connectivity index (χ1v) is 7.42. The summed E-state index contributed by atoms with van der Waals surface area (Å²) in [5.74, 6) is 0. The number of aryl methyl sites for hydroxylation is 2. The Balaban J connectivity index is 1.90. The molecule has 2 aromatic rings. The highest BCUT2D eigenvalue weighted by Crippen LogP contribution is 2.15. The Hall–Kier alpha value is -1.67. The van der Waals surface area contributed by atoms with Crippen LogP contribution < -0.4 is 5.32 Å². The van der Waals surface area contributed by atoms with Crippen LogP contribution in [0.3, 0.4) is 0 Å². The maximum Gasteiger partial charge on any atom is 0.0372 e. The van der Waals surface area contributed by atoms with Gasteiger partial charge in [-0.2, -0.15) is 0 Å². The first-order chi connectivity index (χ1) is 9.69. The number of nitrogens with zero attached hydrogens (tertiary/aromatic N) is 1. The fourth-order valence-electron chi connectivity index (χ4n) is 2.25. The Morgan fingerprint density at radius 1 is 1.05 bits per heavy atom. The van der Waals surface area contributed by atoms with E-state index in [1.165, 1.54) is 23.1 Å². The van der Waals surface area contributed by atoms with Crippen LogP contribution in [0.1, 0.15) is 48.7 Å². The SMILES string of the molecule is CCCc1ccc(C(C)NCc2ccc(C)nc2)cc1. The maximum atomic E-state index is 4.32. The van der Waals surface area contributed by atoms with Gasteiger partial charge in [0.2, 0.25) is 0 Å². The highest BCUT2D eigenvalue weighted by atomic mass is 14.9. The van der Waals surface area contributed by atoms with Crippen molar-refractivity contribution >= 4 is 0 Å². The van der Waals surface area contributed by atoms with Crippen LogP contribution in [-0.4, -0.2) is 4.98 Å². The van der Waals surface area contributed by atoms with Crippen LogP contribution in [0.15, 0.2) is 42.6 Å². The summed E-state index contributed by atoms with van der Waals surface area (Å²) < 4.78 is 0. The molecule has 0 saturated carbocycles. The molecule has 0 spiro atoms. The molecule has 20 heavy (non-hydrogen) atoms. The monoisotopic (exact) mass is 268 g/mol. The summed E-state index contributed by atoms with van der Waals surface area (Å²) in [5.41, 5.74) is 5.05. The largest absolute Gasteiger partial charge is 0.306 e. The lowest BCUT2D eigenvalue weighted by molar-refractivity contribution is 0.573. The molecule has 1 atom stereocenters. The average Bonchev–Trinajstić information content (AvgIpc) is 2.47. The van der Waals surface area contributed by atoms with Crippen LogP contribution in [0, 0.1) is 6.92 Å². The third kappa shape index (κ3) is 4.17. The number of rotatable bonds is 6. The molecule has 0 aliphatic rings. The molecular formula is C18H24N2. The summed E-state index contributed by atoms with van der Waals surface area (Å²) in [7, 11) is 0. The summed E-state index contributed by atoms with van der Waals surface area (Å²) in [5, 5.41) is 3.55. The minimum atomic E-state index is 0.354. The van der Waals surface area contributed by atoms with Crippen LogP contribution in [-0.2, 0) is 13.0 Å². The number of aromatic nitrogens is 1. The van der Waals surface area contributed by atoms with E-state index in [4.69, 9.17) is 0 Å². The van der Waals surface area contributed by atoms with Crippen molar-refractivity contribution in [3.8, 4) is 0 Å². The molecule has 1 unspecified atom stereocenters. The standard InChI is InChI=1S/C18H24N2/c1-4-5-16-8-10-18(11-9-16)15(3)20-13-17-7-6-14(2)19-12-17/h6-12,15,20H,4-5,13H2,1-3H3. The predicted molar refractivity (Wildman–Crippen MR) is 84.7 cm³/mol. The molecule has 1 aromatic carbocycles. The average molecular weight is 268 g/mol. The Morgan fingerprint density at radius 3 is 2.35 bits per heavy atom. The number of hydrogen-bond acceptors (Lipinski definition) is 2. The van der Waals surface area contributed by atoms with Crippen molar-refractivity contribution in [1.82, 2.24) is 10.3 Å². The summed E-state index contributed by atoms with van der Waals surface area (Å²) in [6.07, 6.45) is 4.31. The van der Waals surface area contributed by atoms with Crippen LogP contribution >= 0.6 is 0 Å². The van der Waals surface area contributed by atoms with Gasteiger partial charge in [0.25, 0.3) is 0 Å². The lowest BCUT2D eigenvalue weighted by atomic mass is 10.0. The normalized spacial score (nSPS) is 12.3. The summed E-state index contributed by atoms with van der Waals surface area (Å²) in [6, 6.07) is 13.5. The third-order valence-corrected chi connectivity index (χ3v) is 3.60. The highest BCUT2D eigenvalue weighted by Gasteiger charge is 2.05. The Labute approximate surface area is 122 Å². The minimum absolute atomic E-state index is 0.354. The number of nitrogens with one attached hydrogen (secondary N) is 1. The Bertz CT molecular complexity index is 514. The topological polar surface area (TPSA) is 24.9 Å². The molecule has 0 radical (unpaired) electrons. The number of benzene rings is 1. The molecule has 0 bridgehead atoms. The zero-order valence-electron chi connectivity index (χ0n) is 12.7. The van der Waals surface area contributed by atoms with E-state index in [0.717, 1.165) is 18.7 Å². The van der Waals surface area contributed by atoms with E-state index in [9.17, 15) is 0 Å². The van der Waals surface area contributed by atoms with Gasteiger partial charge in [-0.3, -0.25) is 4.98 Å². The lowest BCUT2D eigenvalue weighted by Crippen LogP contribution is -2.18. The van der Waals surface area contributed by atoms with Gasteiger partial charge in [-0.25, -0.2) is 0 Å². The third-order valence-electron chi connectivity index (χ3n) is 3.60. The molecule has 0 fully saturated rings. The van der Waals surface area contributed by atoms with Gasteiger partial charge >= 0.3 is 0 Å². The van der Waals surface area contributed by atoms with Crippen LogP contribution in [0.2, 0.25) is 0 Å². The van der Waals surface area contributed by atoms with E-state index in [2.05, 4.69) is 60.5 Å². The molecule has 0 saturated heterocycles. The predicted octanol–water partition coefficient (Wildman–Crippen LogP) is 4.19. The molecule has 106 valence electrons. The first-order valence-electron chi connectivity index (χ1n) is 7.42. The minimum Gasteiger partial charge on any atom is -0.306 e. The van der Waals surface area contributed by atoms with E-state index in [-0.39, 0.29) is 0 Å². The Kier molecular flexibility index (Phi) is 5.31. The molecule has 0 amide bonds. The van der Waals surface area contributed by atoms with Gasteiger partial charge in [0.1, 0.15) is 0 Å². The highest BCUT2D eigenvalue weighted by molar-refractivity contribution is 5.25. The van der Waals surface area contributed by atoms with Gasteiger partial charge in [-0.1, -0.05) is 43.7 Å². The molecule has 2 heteroatoms. The van der Waals surface area contributed by atoms with E-state index in [1.807, 2.05) is 13.1 Å².